The Labute approximate surface area is 105 Å². The summed E-state index contributed by atoms with van der Waals surface area (Å²) in [5.74, 6) is 0.0601. The molecule has 0 saturated heterocycles. The van der Waals surface area contributed by atoms with Gasteiger partial charge < -0.3 is 0 Å². The predicted octanol–water partition coefficient (Wildman–Crippen LogP) is 1.50. The van der Waals surface area contributed by atoms with Gasteiger partial charge >= 0.3 is 10.2 Å². The summed E-state index contributed by atoms with van der Waals surface area (Å²) in [6.07, 6.45) is 1.70. The van der Waals surface area contributed by atoms with E-state index in [0.29, 0.717) is 0 Å². The second kappa shape index (κ2) is 4.51. The zero-order valence-electron chi connectivity index (χ0n) is 9.34. The Morgan fingerprint density at radius 2 is 1.78 bits per heavy atom. The lowest BCUT2D eigenvalue weighted by atomic mass is 10.3. The quantitative estimate of drug-likeness (QED) is 0.834. The number of hydrogen-bond acceptors (Lipinski definition) is 4. The van der Waals surface area contributed by atoms with Crippen LogP contribution in [0.5, 0.6) is 0 Å². The number of para-hydroxylation sites is 1. The van der Waals surface area contributed by atoms with E-state index in [9.17, 15) is 20.7 Å². The van der Waals surface area contributed by atoms with Gasteiger partial charge in [0.1, 0.15) is 4.90 Å². The van der Waals surface area contributed by atoms with Crippen molar-refractivity contribution in [1.29, 1.82) is 0 Å². The van der Waals surface area contributed by atoms with Crippen LogP contribution in [0, 0.1) is 5.92 Å². The molecule has 1 aliphatic rings. The lowest BCUT2D eigenvalue weighted by Gasteiger charge is -2.09. The molecular weight excluding hydrogens is 281 g/mol. The molecule has 0 spiro atoms. The Kier molecular flexibility index (Phi) is 3.33. The fourth-order valence-electron chi connectivity index (χ4n) is 1.57. The van der Waals surface area contributed by atoms with Crippen LogP contribution < -0.4 is 4.72 Å². The number of nitrogens with one attached hydrogen (secondary N) is 1. The van der Waals surface area contributed by atoms with E-state index in [1.165, 1.54) is 18.2 Å². The molecule has 5 nitrogen and oxygen atoms in total. The molecule has 0 aliphatic heterocycles. The van der Waals surface area contributed by atoms with Crippen molar-refractivity contribution in [2.45, 2.75) is 17.7 Å². The summed E-state index contributed by atoms with van der Waals surface area (Å²) in [5, 5.41) is 0. The van der Waals surface area contributed by atoms with E-state index >= 15 is 0 Å². The third kappa shape index (κ3) is 3.42. The number of anilines is 1. The van der Waals surface area contributed by atoms with Gasteiger partial charge in [0.25, 0.3) is 0 Å². The van der Waals surface area contributed by atoms with Crippen LogP contribution in [0.25, 0.3) is 0 Å². The third-order valence-corrected chi connectivity index (χ3v) is 4.89. The molecule has 0 atom stereocenters. The third-order valence-electron chi connectivity index (χ3n) is 2.57. The van der Waals surface area contributed by atoms with Crippen molar-refractivity contribution < 1.29 is 20.7 Å². The summed E-state index contributed by atoms with van der Waals surface area (Å²) in [4.78, 5) is -0.663. The van der Waals surface area contributed by atoms with Crippen molar-refractivity contribution in [2.24, 2.45) is 5.92 Å². The molecule has 8 heteroatoms. The molecule has 0 bridgehead atoms. The molecule has 1 N–H and O–H groups in total. The second-order valence-corrected chi connectivity index (χ2v) is 7.34. The molecule has 0 aromatic heterocycles. The molecule has 1 aliphatic carbocycles. The highest BCUT2D eigenvalue weighted by molar-refractivity contribution is 7.92. The van der Waals surface area contributed by atoms with Crippen molar-refractivity contribution >= 4 is 25.9 Å². The average Bonchev–Trinajstić information content (AvgIpc) is 2.99. The van der Waals surface area contributed by atoms with Crippen LogP contribution in [0.4, 0.5) is 9.57 Å². The average molecular weight is 293 g/mol. The summed E-state index contributed by atoms with van der Waals surface area (Å²) < 4.78 is 60.2. The first-order valence-electron chi connectivity index (χ1n) is 5.32. The van der Waals surface area contributed by atoms with Crippen LogP contribution in [0.3, 0.4) is 0 Å². The van der Waals surface area contributed by atoms with E-state index in [1.54, 1.807) is 0 Å². The van der Waals surface area contributed by atoms with E-state index in [4.69, 9.17) is 0 Å². The summed E-state index contributed by atoms with van der Waals surface area (Å²) in [7, 11) is -8.58. The zero-order chi connectivity index (χ0) is 13.4. The van der Waals surface area contributed by atoms with Crippen molar-refractivity contribution in [3.63, 3.8) is 0 Å². The monoisotopic (exact) mass is 293 g/mol. The smallest absolute Gasteiger partial charge is 0.282 e. The van der Waals surface area contributed by atoms with E-state index in [0.717, 1.165) is 18.9 Å². The Morgan fingerprint density at radius 3 is 2.33 bits per heavy atom. The topological polar surface area (TPSA) is 80.3 Å². The maximum Gasteiger partial charge on any atom is 0.334 e. The Bertz CT molecular complexity index is 650. The van der Waals surface area contributed by atoms with Crippen LogP contribution in [0.15, 0.2) is 29.2 Å². The molecule has 1 saturated carbocycles. The summed E-state index contributed by atoms with van der Waals surface area (Å²) in [6.45, 7) is 0. The molecule has 1 aromatic carbocycles. The SMILES string of the molecule is O=S(=O)(CC1CC1)Nc1ccccc1S(=O)(=O)F. The molecule has 0 unspecified atom stereocenters. The molecule has 18 heavy (non-hydrogen) atoms. The van der Waals surface area contributed by atoms with Crippen molar-refractivity contribution in [2.75, 3.05) is 10.5 Å². The van der Waals surface area contributed by atoms with Gasteiger partial charge in [-0.15, -0.1) is 3.89 Å². The van der Waals surface area contributed by atoms with Crippen LogP contribution in [0.1, 0.15) is 12.8 Å². The van der Waals surface area contributed by atoms with Gasteiger partial charge in [0, 0.05) is 0 Å². The highest BCUT2D eigenvalue weighted by Crippen LogP contribution is 2.31. The predicted molar refractivity (Wildman–Crippen MR) is 64.9 cm³/mol. The normalized spacial score (nSPS) is 16.5. The summed E-state index contributed by atoms with van der Waals surface area (Å²) in [6, 6.07) is 5.00. The summed E-state index contributed by atoms with van der Waals surface area (Å²) >= 11 is 0. The van der Waals surface area contributed by atoms with Gasteiger partial charge in [-0.05, 0) is 30.9 Å². The lowest BCUT2D eigenvalue weighted by molar-refractivity contribution is 0.552. The number of hydrogen-bond donors (Lipinski definition) is 1. The zero-order valence-corrected chi connectivity index (χ0v) is 11.0. The number of halogens is 1. The fraction of sp³-hybridized carbons (Fsp3) is 0.400. The van der Waals surface area contributed by atoms with Crippen LogP contribution in [0.2, 0.25) is 0 Å². The molecule has 0 heterocycles. The van der Waals surface area contributed by atoms with E-state index < -0.39 is 25.1 Å². The van der Waals surface area contributed by atoms with E-state index in [1.807, 2.05) is 0 Å². The minimum Gasteiger partial charge on any atom is -0.282 e. The minimum atomic E-state index is -4.95. The van der Waals surface area contributed by atoms with Gasteiger partial charge in [-0.2, -0.15) is 8.42 Å². The first kappa shape index (κ1) is 13.3. The van der Waals surface area contributed by atoms with Gasteiger partial charge in [0.05, 0.1) is 11.4 Å². The number of rotatable bonds is 5. The molecule has 1 aromatic rings. The van der Waals surface area contributed by atoms with Gasteiger partial charge in [-0.25, -0.2) is 8.42 Å². The molecule has 0 amide bonds. The minimum absolute atomic E-state index is 0.0618. The highest BCUT2D eigenvalue weighted by Gasteiger charge is 2.29. The van der Waals surface area contributed by atoms with Gasteiger partial charge in [-0.3, -0.25) is 4.72 Å². The molecule has 1 fully saturated rings. The fourth-order valence-corrected chi connectivity index (χ4v) is 3.81. The maximum absolute atomic E-state index is 13.0. The lowest BCUT2D eigenvalue weighted by Crippen LogP contribution is -2.19. The van der Waals surface area contributed by atoms with Gasteiger partial charge in [0.2, 0.25) is 10.0 Å². The maximum atomic E-state index is 13.0. The highest BCUT2D eigenvalue weighted by atomic mass is 32.3. The molecule has 2 rings (SSSR count). The first-order chi connectivity index (χ1) is 8.28. The molecule has 100 valence electrons. The molecule has 0 radical (unpaired) electrons. The number of sulfonamides is 1. The van der Waals surface area contributed by atoms with E-state index in [2.05, 4.69) is 4.72 Å². The van der Waals surface area contributed by atoms with Crippen molar-refractivity contribution in [1.82, 2.24) is 0 Å². The van der Waals surface area contributed by atoms with Gasteiger partial charge in [-0.1, -0.05) is 12.1 Å². The van der Waals surface area contributed by atoms with Crippen LogP contribution >= 0.6 is 0 Å². The van der Waals surface area contributed by atoms with E-state index in [-0.39, 0.29) is 17.4 Å². The number of benzene rings is 1. The second-order valence-electron chi connectivity index (χ2n) is 4.26. The first-order valence-corrected chi connectivity index (χ1v) is 8.36. The summed E-state index contributed by atoms with van der Waals surface area (Å²) in [5.41, 5.74) is -0.249. The van der Waals surface area contributed by atoms with Gasteiger partial charge in [0.15, 0.2) is 0 Å². The Balaban J connectivity index is 2.29. The van der Waals surface area contributed by atoms with Crippen molar-refractivity contribution in [3.05, 3.63) is 24.3 Å². The standard InChI is InChI=1S/C10H12FNO4S2/c11-18(15,16)10-4-2-1-3-9(10)12-17(13,14)7-8-5-6-8/h1-4,8,12H,5-7H2. The Morgan fingerprint density at radius 1 is 1.17 bits per heavy atom. The van der Waals surface area contributed by atoms with Crippen molar-refractivity contribution in [3.8, 4) is 0 Å². The molecular formula is C10H12FNO4S2. The Hall–Kier alpha value is -1.15. The van der Waals surface area contributed by atoms with Crippen LogP contribution in [-0.4, -0.2) is 22.6 Å². The van der Waals surface area contributed by atoms with Crippen LogP contribution in [-0.2, 0) is 20.2 Å². The largest absolute Gasteiger partial charge is 0.334 e.